The molecule has 14 nitrogen and oxygen atoms in total. The Labute approximate surface area is 199 Å². The molecule has 14 heteroatoms. The summed E-state index contributed by atoms with van der Waals surface area (Å²) in [5, 5.41) is 23.8. The Bertz CT molecular complexity index is 1050. The standard InChI is InChI=1S/C21H25N3O11/c1-11(25)32-10-13-15(35-20(28)29)16(33-12(2)26)18(34-13)24-17(19(27)31-3)22-14(23-24)6-9-21(30)7-4-5-8-21/h13,15-16,18,30H,4-5,7-8,10H2,1-3H3,(H,28,29)/t13?,15-,16-,18?/m0/s1. The van der Waals surface area contributed by atoms with Crippen molar-refractivity contribution in [2.24, 2.45) is 0 Å². The Morgan fingerprint density at radius 3 is 2.40 bits per heavy atom. The minimum absolute atomic E-state index is 0.157. The van der Waals surface area contributed by atoms with E-state index in [4.69, 9.17) is 23.7 Å². The van der Waals surface area contributed by atoms with E-state index in [-0.39, 0.29) is 11.6 Å². The fourth-order valence-electron chi connectivity index (χ4n) is 3.86. The second-order valence-corrected chi connectivity index (χ2v) is 7.97. The van der Waals surface area contributed by atoms with E-state index in [1.807, 2.05) is 0 Å². The zero-order chi connectivity index (χ0) is 25.8. The molecule has 1 aromatic rings. The van der Waals surface area contributed by atoms with Crippen LogP contribution >= 0.6 is 0 Å². The van der Waals surface area contributed by atoms with Gasteiger partial charge in [-0.15, -0.1) is 5.10 Å². The van der Waals surface area contributed by atoms with Gasteiger partial charge in [0, 0.05) is 13.8 Å². The lowest BCUT2D eigenvalue weighted by Crippen LogP contribution is -2.41. The van der Waals surface area contributed by atoms with Crippen LogP contribution in [0.5, 0.6) is 0 Å². The highest BCUT2D eigenvalue weighted by molar-refractivity contribution is 5.85. The highest BCUT2D eigenvalue weighted by Gasteiger charge is 2.52. The van der Waals surface area contributed by atoms with Crippen molar-refractivity contribution >= 4 is 24.1 Å². The minimum atomic E-state index is -1.70. The van der Waals surface area contributed by atoms with Crippen molar-refractivity contribution in [3.63, 3.8) is 0 Å². The van der Waals surface area contributed by atoms with Gasteiger partial charge < -0.3 is 33.9 Å². The molecule has 35 heavy (non-hydrogen) atoms. The van der Waals surface area contributed by atoms with Crippen molar-refractivity contribution < 1.29 is 53.1 Å². The molecule has 190 valence electrons. The Morgan fingerprint density at radius 2 is 1.83 bits per heavy atom. The van der Waals surface area contributed by atoms with Crippen molar-refractivity contribution in [1.82, 2.24) is 14.8 Å². The first kappa shape index (κ1) is 25.9. The molecule has 0 aromatic carbocycles. The Kier molecular flexibility index (Phi) is 7.92. The summed E-state index contributed by atoms with van der Waals surface area (Å²) in [6.07, 6.45) is -4.62. The molecule has 2 heterocycles. The summed E-state index contributed by atoms with van der Waals surface area (Å²) in [5.74, 6) is 2.38. The van der Waals surface area contributed by atoms with Gasteiger partial charge in [0.15, 0.2) is 18.4 Å². The lowest BCUT2D eigenvalue weighted by molar-refractivity contribution is -0.157. The van der Waals surface area contributed by atoms with Gasteiger partial charge in [-0.05, 0) is 31.6 Å². The summed E-state index contributed by atoms with van der Waals surface area (Å²) < 4.78 is 26.5. The van der Waals surface area contributed by atoms with Crippen LogP contribution in [0.15, 0.2) is 0 Å². The molecule has 3 rings (SSSR count). The molecular formula is C21H25N3O11. The third kappa shape index (κ3) is 6.25. The molecule has 0 amide bonds. The third-order valence-electron chi connectivity index (χ3n) is 5.35. The molecule has 4 atom stereocenters. The van der Waals surface area contributed by atoms with Gasteiger partial charge in [0.05, 0.1) is 7.11 Å². The van der Waals surface area contributed by atoms with Crippen LogP contribution in [-0.2, 0) is 33.3 Å². The van der Waals surface area contributed by atoms with Crippen molar-refractivity contribution in [2.75, 3.05) is 13.7 Å². The van der Waals surface area contributed by atoms with E-state index in [1.54, 1.807) is 0 Å². The predicted octanol–water partition coefficient (Wildman–Crippen LogP) is 0.177. The summed E-state index contributed by atoms with van der Waals surface area (Å²) in [7, 11) is 1.10. The van der Waals surface area contributed by atoms with Crippen molar-refractivity contribution in [2.45, 2.75) is 69.7 Å². The summed E-state index contributed by atoms with van der Waals surface area (Å²) >= 11 is 0. The number of aromatic nitrogens is 3. The van der Waals surface area contributed by atoms with Gasteiger partial charge in [-0.1, -0.05) is 5.92 Å². The number of rotatable bonds is 6. The molecule has 1 aliphatic carbocycles. The van der Waals surface area contributed by atoms with Crippen molar-refractivity contribution in [1.29, 1.82) is 0 Å². The van der Waals surface area contributed by atoms with Gasteiger partial charge in [0.25, 0.3) is 0 Å². The zero-order valence-electron chi connectivity index (χ0n) is 19.3. The predicted molar refractivity (Wildman–Crippen MR) is 111 cm³/mol. The lowest BCUT2D eigenvalue weighted by Gasteiger charge is -2.22. The van der Waals surface area contributed by atoms with E-state index in [9.17, 15) is 29.4 Å². The summed E-state index contributed by atoms with van der Waals surface area (Å²) in [5.41, 5.74) is -1.20. The molecule has 1 aromatic heterocycles. The van der Waals surface area contributed by atoms with Crippen LogP contribution in [0.25, 0.3) is 0 Å². The van der Waals surface area contributed by atoms with Crippen LogP contribution in [0.1, 0.15) is 62.2 Å². The average Bonchev–Trinajstić information content (AvgIpc) is 3.48. The molecule has 2 fully saturated rings. The van der Waals surface area contributed by atoms with Crippen LogP contribution < -0.4 is 0 Å². The van der Waals surface area contributed by atoms with Gasteiger partial charge in [-0.2, -0.15) is 4.98 Å². The second kappa shape index (κ2) is 10.7. The Morgan fingerprint density at radius 1 is 1.14 bits per heavy atom. The quantitative estimate of drug-likeness (QED) is 0.309. The number of hydrogen-bond donors (Lipinski definition) is 2. The smallest absolute Gasteiger partial charge is 0.463 e. The number of esters is 3. The fraction of sp³-hybridized carbons (Fsp3) is 0.619. The second-order valence-electron chi connectivity index (χ2n) is 7.97. The molecule has 0 radical (unpaired) electrons. The monoisotopic (exact) mass is 495 g/mol. The largest absolute Gasteiger partial charge is 0.506 e. The number of aliphatic hydroxyl groups is 1. The van der Waals surface area contributed by atoms with E-state index in [0.717, 1.165) is 38.5 Å². The van der Waals surface area contributed by atoms with Crippen LogP contribution in [0, 0.1) is 11.8 Å². The van der Waals surface area contributed by atoms with Gasteiger partial charge in [-0.3, -0.25) is 9.59 Å². The third-order valence-corrected chi connectivity index (χ3v) is 5.35. The highest BCUT2D eigenvalue weighted by Crippen LogP contribution is 2.35. The van der Waals surface area contributed by atoms with E-state index in [0.29, 0.717) is 12.8 Å². The number of carbonyl (C=O) groups excluding carboxylic acids is 3. The first-order valence-corrected chi connectivity index (χ1v) is 10.7. The van der Waals surface area contributed by atoms with Crippen molar-refractivity contribution in [3.05, 3.63) is 11.6 Å². The Balaban J connectivity index is 2.02. The first-order chi connectivity index (χ1) is 16.5. The number of hydrogen-bond acceptors (Lipinski definition) is 12. The molecule has 1 saturated carbocycles. The van der Waals surface area contributed by atoms with E-state index < -0.39 is 60.8 Å². The van der Waals surface area contributed by atoms with Gasteiger partial charge in [0.2, 0.25) is 11.6 Å². The number of methoxy groups -OCH3 is 1. The van der Waals surface area contributed by atoms with E-state index >= 15 is 0 Å². The van der Waals surface area contributed by atoms with Crippen LogP contribution in [0.2, 0.25) is 0 Å². The molecule has 0 spiro atoms. The number of nitrogens with zero attached hydrogens (tertiary/aromatic N) is 3. The van der Waals surface area contributed by atoms with Crippen LogP contribution in [0.3, 0.4) is 0 Å². The first-order valence-electron chi connectivity index (χ1n) is 10.7. The van der Waals surface area contributed by atoms with Gasteiger partial charge >= 0.3 is 24.1 Å². The highest BCUT2D eigenvalue weighted by atomic mass is 16.7. The maximum atomic E-state index is 12.4. The molecule has 2 unspecified atom stereocenters. The normalized spacial score (nSPS) is 24.7. The minimum Gasteiger partial charge on any atom is -0.463 e. The fourth-order valence-corrected chi connectivity index (χ4v) is 3.86. The number of carboxylic acid groups (broad SMARTS) is 1. The molecule has 2 N–H and O–H groups in total. The molecule has 1 saturated heterocycles. The Hall–Kier alpha value is -3.70. The maximum Gasteiger partial charge on any atom is 0.506 e. The van der Waals surface area contributed by atoms with Crippen LogP contribution in [-0.4, -0.2) is 86.7 Å². The summed E-state index contributed by atoms with van der Waals surface area (Å²) in [4.78, 5) is 50.8. The lowest BCUT2D eigenvalue weighted by atomic mass is 10.0. The summed E-state index contributed by atoms with van der Waals surface area (Å²) in [6.45, 7) is 1.78. The van der Waals surface area contributed by atoms with Gasteiger partial charge in [0.1, 0.15) is 18.3 Å². The van der Waals surface area contributed by atoms with E-state index in [1.165, 1.54) is 0 Å². The molecular weight excluding hydrogens is 470 g/mol. The SMILES string of the molecule is COC(=O)c1nc(C#CC2(O)CCCC2)nn1C1OC(COC(C)=O)[C@H](OC(=O)O)[C@@H]1OC(C)=O. The van der Waals surface area contributed by atoms with Crippen molar-refractivity contribution in [3.8, 4) is 11.8 Å². The number of ether oxygens (including phenoxy) is 5. The van der Waals surface area contributed by atoms with Gasteiger partial charge in [-0.25, -0.2) is 14.3 Å². The van der Waals surface area contributed by atoms with Crippen LogP contribution in [0.4, 0.5) is 4.79 Å². The molecule has 2 aliphatic rings. The average molecular weight is 495 g/mol. The molecule has 1 aliphatic heterocycles. The number of carbonyl (C=O) groups is 4. The van der Waals surface area contributed by atoms with E-state index in [2.05, 4.69) is 21.9 Å². The summed E-state index contributed by atoms with van der Waals surface area (Å²) in [6, 6.07) is 0. The topological polar surface area (TPSA) is 186 Å². The molecule has 0 bridgehead atoms. The zero-order valence-corrected chi connectivity index (χ0v) is 19.3. The maximum absolute atomic E-state index is 12.4.